The lowest BCUT2D eigenvalue weighted by atomic mass is 10.1. The minimum atomic E-state index is -0.323. The van der Waals surface area contributed by atoms with Crippen molar-refractivity contribution in [2.24, 2.45) is 0 Å². The number of amides is 2. The van der Waals surface area contributed by atoms with E-state index < -0.39 is 0 Å². The van der Waals surface area contributed by atoms with Crippen LogP contribution in [0.3, 0.4) is 0 Å². The first kappa shape index (κ1) is 16.0. The summed E-state index contributed by atoms with van der Waals surface area (Å²) in [6.07, 6.45) is 0. The molecular formula is C15H13Cl3N2O. The van der Waals surface area contributed by atoms with Gasteiger partial charge in [-0.15, -0.1) is 0 Å². The molecule has 0 aliphatic rings. The van der Waals surface area contributed by atoms with E-state index in [2.05, 4.69) is 10.6 Å². The first-order valence-electron chi connectivity index (χ1n) is 6.24. The minimum absolute atomic E-state index is 0.248. The van der Waals surface area contributed by atoms with Gasteiger partial charge < -0.3 is 10.6 Å². The van der Waals surface area contributed by atoms with Gasteiger partial charge in [0.05, 0.1) is 6.04 Å². The third-order valence-corrected chi connectivity index (χ3v) is 3.69. The van der Waals surface area contributed by atoms with Crippen molar-refractivity contribution in [3.63, 3.8) is 0 Å². The lowest BCUT2D eigenvalue weighted by molar-refractivity contribution is 0.249. The summed E-state index contributed by atoms with van der Waals surface area (Å²) in [4.78, 5) is 11.9. The van der Waals surface area contributed by atoms with Gasteiger partial charge in [0.15, 0.2) is 0 Å². The second kappa shape index (κ2) is 7.03. The number of carbonyl (C=O) groups is 1. The highest BCUT2D eigenvalue weighted by molar-refractivity contribution is 6.35. The van der Waals surface area contributed by atoms with Gasteiger partial charge in [0.1, 0.15) is 0 Å². The normalized spacial score (nSPS) is 11.8. The second-order valence-corrected chi connectivity index (χ2v) is 5.77. The summed E-state index contributed by atoms with van der Waals surface area (Å²) in [5, 5.41) is 7.22. The smallest absolute Gasteiger partial charge is 0.319 e. The average Bonchev–Trinajstić information content (AvgIpc) is 2.41. The fourth-order valence-electron chi connectivity index (χ4n) is 1.83. The zero-order valence-electron chi connectivity index (χ0n) is 11.2. The Morgan fingerprint density at radius 3 is 2.24 bits per heavy atom. The van der Waals surface area contributed by atoms with Gasteiger partial charge in [0.25, 0.3) is 0 Å². The molecule has 3 nitrogen and oxygen atoms in total. The zero-order chi connectivity index (χ0) is 15.4. The van der Waals surface area contributed by atoms with E-state index in [0.717, 1.165) is 5.56 Å². The summed E-state index contributed by atoms with van der Waals surface area (Å²) < 4.78 is 0. The molecule has 1 atom stereocenters. The molecule has 0 unspecified atom stereocenters. The Morgan fingerprint density at radius 2 is 1.62 bits per heavy atom. The number of hydrogen-bond acceptors (Lipinski definition) is 1. The van der Waals surface area contributed by atoms with Crippen LogP contribution in [-0.2, 0) is 0 Å². The highest BCUT2D eigenvalue weighted by Crippen LogP contribution is 2.26. The molecule has 21 heavy (non-hydrogen) atoms. The maximum atomic E-state index is 11.9. The summed E-state index contributed by atoms with van der Waals surface area (Å²) >= 11 is 17.8. The number of hydrogen-bond donors (Lipinski definition) is 2. The van der Waals surface area contributed by atoms with Gasteiger partial charge in [-0.2, -0.15) is 0 Å². The van der Waals surface area contributed by atoms with E-state index in [1.165, 1.54) is 0 Å². The van der Waals surface area contributed by atoms with Gasteiger partial charge in [0.2, 0.25) is 0 Å². The number of halogens is 3. The van der Waals surface area contributed by atoms with Crippen molar-refractivity contribution < 1.29 is 4.79 Å². The van der Waals surface area contributed by atoms with Crippen molar-refractivity contribution in [1.82, 2.24) is 5.32 Å². The summed E-state index contributed by atoms with van der Waals surface area (Å²) in [6, 6.07) is 11.5. The molecule has 0 fully saturated rings. The topological polar surface area (TPSA) is 41.1 Å². The maximum Gasteiger partial charge on any atom is 0.319 e. The van der Waals surface area contributed by atoms with E-state index in [9.17, 15) is 4.79 Å². The molecule has 2 amide bonds. The van der Waals surface area contributed by atoms with Crippen LogP contribution in [0.15, 0.2) is 42.5 Å². The molecule has 0 aromatic heterocycles. The number of carbonyl (C=O) groups excluding carboxylic acids is 1. The summed E-state index contributed by atoms with van der Waals surface area (Å²) in [6.45, 7) is 1.84. The first-order chi connectivity index (χ1) is 9.95. The number of benzene rings is 2. The van der Waals surface area contributed by atoms with Crippen molar-refractivity contribution >= 4 is 46.5 Å². The molecule has 0 aliphatic heterocycles. The number of nitrogens with one attached hydrogen (secondary N) is 2. The third-order valence-electron chi connectivity index (χ3n) is 2.88. The molecule has 6 heteroatoms. The highest BCUT2D eigenvalue weighted by Gasteiger charge is 2.13. The molecule has 110 valence electrons. The van der Waals surface area contributed by atoms with Crippen LogP contribution in [0.2, 0.25) is 15.1 Å². The van der Waals surface area contributed by atoms with Crippen LogP contribution in [0.25, 0.3) is 0 Å². The molecular weight excluding hydrogens is 331 g/mol. The molecule has 2 aromatic carbocycles. The van der Waals surface area contributed by atoms with Crippen LogP contribution in [0.1, 0.15) is 18.5 Å². The van der Waals surface area contributed by atoms with Crippen molar-refractivity contribution in [3.8, 4) is 0 Å². The van der Waals surface area contributed by atoms with E-state index in [0.29, 0.717) is 20.8 Å². The second-order valence-electron chi connectivity index (χ2n) is 4.49. The Balaban J connectivity index is 2.00. The molecule has 0 radical (unpaired) electrons. The van der Waals surface area contributed by atoms with Crippen LogP contribution in [0.4, 0.5) is 10.5 Å². The molecule has 2 N–H and O–H groups in total. The standard InChI is InChI=1S/C15H13Cl3N2O/c1-9(13-7-4-11(17)8-14(13)18)19-15(21)20-12-5-2-10(16)3-6-12/h2-9H,1H3,(H2,19,20,21)/t9-/m1/s1. The van der Waals surface area contributed by atoms with E-state index in [1.807, 2.05) is 6.92 Å². The maximum absolute atomic E-state index is 11.9. The van der Waals surface area contributed by atoms with Crippen LogP contribution in [-0.4, -0.2) is 6.03 Å². The number of rotatable bonds is 3. The van der Waals surface area contributed by atoms with Gasteiger partial charge >= 0.3 is 6.03 Å². The fraction of sp³-hybridized carbons (Fsp3) is 0.133. The van der Waals surface area contributed by atoms with Crippen molar-refractivity contribution in [2.75, 3.05) is 5.32 Å². The molecule has 2 aromatic rings. The summed E-state index contributed by atoms with van der Waals surface area (Å²) in [7, 11) is 0. The Morgan fingerprint density at radius 1 is 1.00 bits per heavy atom. The number of urea groups is 1. The molecule has 0 spiro atoms. The molecule has 0 saturated carbocycles. The summed E-state index contributed by atoms with van der Waals surface area (Å²) in [5.41, 5.74) is 1.46. The van der Waals surface area contributed by atoms with Gasteiger partial charge in [-0.3, -0.25) is 0 Å². The lowest BCUT2D eigenvalue weighted by Gasteiger charge is -2.16. The summed E-state index contributed by atoms with van der Waals surface area (Å²) in [5.74, 6) is 0. The van der Waals surface area contributed by atoms with Crippen molar-refractivity contribution in [2.45, 2.75) is 13.0 Å². The highest BCUT2D eigenvalue weighted by atomic mass is 35.5. The molecule has 0 bridgehead atoms. The van der Waals surface area contributed by atoms with Gasteiger partial charge in [-0.05, 0) is 48.9 Å². The molecule has 0 aliphatic carbocycles. The van der Waals surface area contributed by atoms with Crippen LogP contribution < -0.4 is 10.6 Å². The monoisotopic (exact) mass is 342 g/mol. The Labute approximate surface area is 138 Å². The van der Waals surface area contributed by atoms with Gasteiger partial charge in [-0.25, -0.2) is 4.79 Å². The van der Waals surface area contributed by atoms with E-state index in [1.54, 1.807) is 42.5 Å². The SMILES string of the molecule is C[C@@H](NC(=O)Nc1ccc(Cl)cc1)c1ccc(Cl)cc1Cl. The number of anilines is 1. The zero-order valence-corrected chi connectivity index (χ0v) is 13.4. The van der Waals surface area contributed by atoms with E-state index >= 15 is 0 Å². The van der Waals surface area contributed by atoms with Gasteiger partial charge in [0, 0.05) is 20.8 Å². The lowest BCUT2D eigenvalue weighted by Crippen LogP contribution is -2.31. The quantitative estimate of drug-likeness (QED) is 0.756. The fourth-order valence-corrected chi connectivity index (χ4v) is 2.53. The first-order valence-corrected chi connectivity index (χ1v) is 7.37. The molecule has 2 rings (SSSR count). The Hall–Kier alpha value is -1.42. The Kier molecular flexibility index (Phi) is 5.34. The van der Waals surface area contributed by atoms with Crippen LogP contribution in [0.5, 0.6) is 0 Å². The minimum Gasteiger partial charge on any atom is -0.331 e. The predicted octanol–water partition coefficient (Wildman–Crippen LogP) is 5.53. The molecule has 0 heterocycles. The van der Waals surface area contributed by atoms with Crippen molar-refractivity contribution in [1.29, 1.82) is 0 Å². The van der Waals surface area contributed by atoms with E-state index in [-0.39, 0.29) is 12.1 Å². The van der Waals surface area contributed by atoms with Gasteiger partial charge in [-0.1, -0.05) is 40.9 Å². The average molecular weight is 344 g/mol. The van der Waals surface area contributed by atoms with Crippen molar-refractivity contribution in [3.05, 3.63) is 63.1 Å². The Bertz CT molecular complexity index is 644. The van der Waals surface area contributed by atoms with Crippen LogP contribution in [0, 0.1) is 0 Å². The molecule has 0 saturated heterocycles. The predicted molar refractivity (Wildman–Crippen MR) is 88.5 cm³/mol. The largest absolute Gasteiger partial charge is 0.331 e. The third kappa shape index (κ3) is 4.53. The van der Waals surface area contributed by atoms with E-state index in [4.69, 9.17) is 34.8 Å². The van der Waals surface area contributed by atoms with Crippen LogP contribution >= 0.6 is 34.8 Å².